The Labute approximate surface area is 85.1 Å². The summed E-state index contributed by atoms with van der Waals surface area (Å²) in [5.74, 6) is -1.22. The molecule has 0 heterocycles. The van der Waals surface area contributed by atoms with Gasteiger partial charge in [-0.1, -0.05) is 13.0 Å². The second kappa shape index (κ2) is 4.61. The summed E-state index contributed by atoms with van der Waals surface area (Å²) < 4.78 is 49.6. The van der Waals surface area contributed by atoms with Gasteiger partial charge in [-0.2, -0.15) is 13.2 Å². The molecule has 0 saturated heterocycles. The highest BCUT2D eigenvalue weighted by atomic mass is 19.4. The van der Waals surface area contributed by atoms with Gasteiger partial charge >= 0.3 is 6.18 Å². The van der Waals surface area contributed by atoms with E-state index in [1.807, 2.05) is 6.92 Å². The largest absolute Gasteiger partial charge is 0.419 e. The first-order chi connectivity index (χ1) is 6.95. The standard InChI is InChI=1S/C10H11F4N/c1-2-15-6-7-3-4-8(9(11)5-7)10(12,13)14/h3-5,15H,2,6H2,1H3. The highest BCUT2D eigenvalue weighted by Crippen LogP contribution is 2.31. The number of halogens is 4. The number of benzene rings is 1. The Bertz CT molecular complexity index is 333. The van der Waals surface area contributed by atoms with E-state index in [4.69, 9.17) is 0 Å². The molecule has 0 aliphatic carbocycles. The molecule has 0 amide bonds. The predicted molar refractivity (Wildman–Crippen MR) is 48.8 cm³/mol. The third-order valence-electron chi connectivity index (χ3n) is 1.92. The number of nitrogens with one attached hydrogen (secondary N) is 1. The molecule has 0 bridgehead atoms. The molecule has 1 aromatic rings. The van der Waals surface area contributed by atoms with Crippen LogP contribution in [0.4, 0.5) is 17.6 Å². The van der Waals surface area contributed by atoms with Crippen molar-refractivity contribution in [1.82, 2.24) is 5.32 Å². The minimum Gasteiger partial charge on any atom is -0.313 e. The second-order valence-corrected chi connectivity index (χ2v) is 3.09. The lowest BCUT2D eigenvalue weighted by atomic mass is 10.1. The summed E-state index contributed by atoms with van der Waals surface area (Å²) in [5.41, 5.74) is -0.718. The van der Waals surface area contributed by atoms with Gasteiger partial charge in [0.15, 0.2) is 0 Å². The highest BCUT2D eigenvalue weighted by molar-refractivity contribution is 5.26. The number of hydrogen-bond acceptors (Lipinski definition) is 1. The molecule has 15 heavy (non-hydrogen) atoms. The van der Waals surface area contributed by atoms with Crippen molar-refractivity contribution in [3.05, 3.63) is 35.1 Å². The van der Waals surface area contributed by atoms with Crippen molar-refractivity contribution in [2.45, 2.75) is 19.6 Å². The van der Waals surface area contributed by atoms with Crippen molar-refractivity contribution in [2.75, 3.05) is 6.54 Å². The molecule has 0 radical (unpaired) electrons. The van der Waals surface area contributed by atoms with E-state index in [9.17, 15) is 17.6 Å². The quantitative estimate of drug-likeness (QED) is 0.774. The minimum atomic E-state index is -4.62. The van der Waals surface area contributed by atoms with E-state index in [0.29, 0.717) is 18.7 Å². The van der Waals surface area contributed by atoms with E-state index in [-0.39, 0.29) is 0 Å². The van der Waals surface area contributed by atoms with Crippen LogP contribution in [-0.4, -0.2) is 6.54 Å². The number of hydrogen-bond donors (Lipinski definition) is 1. The molecule has 1 N–H and O–H groups in total. The zero-order valence-electron chi connectivity index (χ0n) is 8.16. The smallest absolute Gasteiger partial charge is 0.313 e. The maximum absolute atomic E-state index is 13.0. The number of rotatable bonds is 3. The van der Waals surface area contributed by atoms with Gasteiger partial charge in [0.1, 0.15) is 5.82 Å². The first-order valence-corrected chi connectivity index (χ1v) is 4.51. The molecule has 0 fully saturated rings. The molecule has 0 atom stereocenters. The first kappa shape index (κ1) is 12.0. The molecular weight excluding hydrogens is 210 g/mol. The van der Waals surface area contributed by atoms with Gasteiger partial charge in [-0.15, -0.1) is 0 Å². The van der Waals surface area contributed by atoms with E-state index in [1.165, 1.54) is 6.07 Å². The van der Waals surface area contributed by atoms with Crippen LogP contribution in [0, 0.1) is 5.82 Å². The fourth-order valence-corrected chi connectivity index (χ4v) is 1.17. The maximum atomic E-state index is 13.0. The molecule has 0 saturated carbocycles. The Balaban J connectivity index is 2.89. The van der Waals surface area contributed by atoms with E-state index in [2.05, 4.69) is 5.32 Å². The van der Waals surface area contributed by atoms with Crippen LogP contribution in [0.15, 0.2) is 18.2 Å². The van der Waals surface area contributed by atoms with Crippen molar-refractivity contribution >= 4 is 0 Å². The van der Waals surface area contributed by atoms with Crippen LogP contribution in [0.25, 0.3) is 0 Å². The highest BCUT2D eigenvalue weighted by Gasteiger charge is 2.33. The monoisotopic (exact) mass is 221 g/mol. The average molecular weight is 221 g/mol. The fourth-order valence-electron chi connectivity index (χ4n) is 1.17. The van der Waals surface area contributed by atoms with Crippen molar-refractivity contribution in [1.29, 1.82) is 0 Å². The van der Waals surface area contributed by atoms with Gasteiger partial charge in [0.2, 0.25) is 0 Å². The molecule has 1 rings (SSSR count). The number of alkyl halides is 3. The van der Waals surface area contributed by atoms with Gasteiger partial charge in [-0.25, -0.2) is 4.39 Å². The van der Waals surface area contributed by atoms with Crippen molar-refractivity contribution in [3.63, 3.8) is 0 Å². The van der Waals surface area contributed by atoms with Crippen LogP contribution >= 0.6 is 0 Å². The lowest BCUT2D eigenvalue weighted by Crippen LogP contribution is -2.13. The lowest BCUT2D eigenvalue weighted by molar-refractivity contribution is -0.140. The summed E-state index contributed by atoms with van der Waals surface area (Å²) >= 11 is 0. The normalized spacial score (nSPS) is 11.8. The Kier molecular flexibility index (Phi) is 3.68. The van der Waals surface area contributed by atoms with Crippen molar-refractivity contribution < 1.29 is 17.6 Å². The minimum absolute atomic E-state index is 0.367. The summed E-state index contributed by atoms with van der Waals surface area (Å²) in [6.07, 6.45) is -4.62. The lowest BCUT2D eigenvalue weighted by Gasteiger charge is -2.09. The van der Waals surface area contributed by atoms with Crippen LogP contribution in [0.2, 0.25) is 0 Å². The summed E-state index contributed by atoms with van der Waals surface area (Å²) in [6, 6.07) is 2.95. The maximum Gasteiger partial charge on any atom is 0.419 e. The van der Waals surface area contributed by atoms with E-state index >= 15 is 0 Å². The van der Waals surface area contributed by atoms with E-state index < -0.39 is 17.6 Å². The summed E-state index contributed by atoms with van der Waals surface area (Å²) in [7, 11) is 0. The van der Waals surface area contributed by atoms with Gasteiger partial charge in [0.25, 0.3) is 0 Å². The Hall–Kier alpha value is -1.10. The molecule has 0 spiro atoms. The molecule has 0 aromatic heterocycles. The third kappa shape index (κ3) is 3.20. The Morgan fingerprint density at radius 3 is 2.40 bits per heavy atom. The van der Waals surface area contributed by atoms with Crippen LogP contribution in [-0.2, 0) is 12.7 Å². The van der Waals surface area contributed by atoms with Crippen molar-refractivity contribution in [3.8, 4) is 0 Å². The Morgan fingerprint density at radius 2 is 1.93 bits per heavy atom. The molecule has 1 nitrogen and oxygen atoms in total. The average Bonchev–Trinajstić information content (AvgIpc) is 2.12. The molecule has 5 heteroatoms. The van der Waals surface area contributed by atoms with Gasteiger partial charge in [-0.05, 0) is 24.2 Å². The summed E-state index contributed by atoms with van der Waals surface area (Å²) in [6.45, 7) is 2.91. The SMILES string of the molecule is CCNCc1ccc(C(F)(F)F)c(F)c1. The zero-order chi connectivity index (χ0) is 11.5. The van der Waals surface area contributed by atoms with E-state index in [1.54, 1.807) is 0 Å². The molecular formula is C10H11F4N. The van der Waals surface area contributed by atoms with Crippen LogP contribution in [0.3, 0.4) is 0 Å². The molecule has 84 valence electrons. The Morgan fingerprint density at radius 1 is 1.27 bits per heavy atom. The zero-order valence-corrected chi connectivity index (χ0v) is 8.16. The van der Waals surface area contributed by atoms with Gasteiger partial charge < -0.3 is 5.32 Å². The van der Waals surface area contributed by atoms with Crippen molar-refractivity contribution in [2.24, 2.45) is 0 Å². The molecule has 1 aromatic carbocycles. The van der Waals surface area contributed by atoms with Crippen LogP contribution in [0.5, 0.6) is 0 Å². The molecule has 0 aliphatic heterocycles. The molecule has 0 aliphatic rings. The predicted octanol–water partition coefficient (Wildman–Crippen LogP) is 2.95. The van der Waals surface area contributed by atoms with Gasteiger partial charge in [0, 0.05) is 6.54 Å². The topological polar surface area (TPSA) is 12.0 Å². The van der Waals surface area contributed by atoms with Crippen LogP contribution < -0.4 is 5.32 Å². The van der Waals surface area contributed by atoms with Gasteiger partial charge in [0.05, 0.1) is 5.56 Å². The second-order valence-electron chi connectivity index (χ2n) is 3.09. The third-order valence-corrected chi connectivity index (χ3v) is 1.92. The first-order valence-electron chi connectivity index (χ1n) is 4.51. The summed E-state index contributed by atoms with van der Waals surface area (Å²) in [5, 5.41) is 2.90. The molecule has 0 unspecified atom stereocenters. The summed E-state index contributed by atoms with van der Waals surface area (Å²) in [4.78, 5) is 0. The fraction of sp³-hybridized carbons (Fsp3) is 0.400. The van der Waals surface area contributed by atoms with E-state index in [0.717, 1.165) is 12.1 Å². The van der Waals surface area contributed by atoms with Crippen LogP contribution in [0.1, 0.15) is 18.1 Å². The van der Waals surface area contributed by atoms with Gasteiger partial charge in [-0.3, -0.25) is 0 Å².